The lowest BCUT2D eigenvalue weighted by atomic mass is 9.45. The van der Waals surface area contributed by atoms with Gasteiger partial charge >= 0.3 is 5.97 Å². The van der Waals surface area contributed by atoms with E-state index in [-0.39, 0.29) is 30.0 Å². The van der Waals surface area contributed by atoms with E-state index >= 15 is 0 Å². The average molecular weight is 376 g/mol. The molecule has 8 atom stereocenters. The molecule has 2 bridgehead atoms. The van der Waals surface area contributed by atoms with Crippen molar-refractivity contribution in [3.8, 4) is 0 Å². The highest BCUT2D eigenvalue weighted by atomic mass is 16.5. The summed E-state index contributed by atoms with van der Waals surface area (Å²) in [5.41, 5.74) is -1.28. The van der Waals surface area contributed by atoms with Gasteiger partial charge in [0.05, 0.1) is 12.2 Å². The monoisotopic (exact) mass is 376 g/mol. The maximum atomic E-state index is 12.6. The van der Waals surface area contributed by atoms with Crippen molar-refractivity contribution < 1.29 is 24.5 Å². The van der Waals surface area contributed by atoms with E-state index in [0.29, 0.717) is 12.8 Å². The Labute approximate surface area is 161 Å². The maximum Gasteiger partial charge on any atom is 0.302 e. The molecule has 0 unspecified atom stereocenters. The van der Waals surface area contributed by atoms with E-state index in [1.807, 2.05) is 27.7 Å². The van der Waals surface area contributed by atoms with Crippen molar-refractivity contribution in [1.29, 1.82) is 0 Å². The van der Waals surface area contributed by atoms with E-state index in [1.54, 1.807) is 12.2 Å². The molecule has 5 heteroatoms. The minimum atomic E-state index is -0.832. The number of rotatable bonds is 2. The first-order valence-corrected chi connectivity index (χ1v) is 9.86. The van der Waals surface area contributed by atoms with Crippen molar-refractivity contribution in [2.24, 2.45) is 28.1 Å². The zero-order valence-corrected chi connectivity index (χ0v) is 17.0. The average Bonchev–Trinajstić information content (AvgIpc) is 2.96. The van der Waals surface area contributed by atoms with Crippen molar-refractivity contribution in [3.05, 3.63) is 24.3 Å². The van der Waals surface area contributed by atoms with Gasteiger partial charge < -0.3 is 14.9 Å². The summed E-state index contributed by atoms with van der Waals surface area (Å²) in [7, 11) is 0. The van der Waals surface area contributed by atoms with Crippen LogP contribution < -0.4 is 0 Å². The van der Waals surface area contributed by atoms with Gasteiger partial charge in [-0.05, 0) is 36.3 Å². The topological polar surface area (TPSA) is 83.8 Å². The molecular formula is C22H32O5. The molecule has 0 aromatic carbocycles. The number of carbonyl (C=O) groups excluding carboxylic acids is 2. The van der Waals surface area contributed by atoms with Crippen LogP contribution in [-0.2, 0) is 14.3 Å². The number of allylic oxidation sites excluding steroid dienone is 1. The summed E-state index contributed by atoms with van der Waals surface area (Å²) >= 11 is 0. The molecule has 0 radical (unpaired) electrons. The van der Waals surface area contributed by atoms with Gasteiger partial charge in [-0.3, -0.25) is 9.59 Å². The molecule has 5 nitrogen and oxygen atoms in total. The van der Waals surface area contributed by atoms with Gasteiger partial charge in [0.25, 0.3) is 0 Å². The molecular weight excluding hydrogens is 344 g/mol. The van der Waals surface area contributed by atoms with E-state index in [9.17, 15) is 19.8 Å². The summed E-state index contributed by atoms with van der Waals surface area (Å²) in [6.45, 7) is 13.2. The van der Waals surface area contributed by atoms with Gasteiger partial charge in [0.1, 0.15) is 6.10 Å². The highest BCUT2D eigenvalue weighted by Crippen LogP contribution is 2.66. The molecule has 2 N–H and O–H groups in total. The first kappa shape index (κ1) is 20.3. The lowest BCUT2D eigenvalue weighted by molar-refractivity contribution is -0.181. The lowest BCUT2D eigenvalue weighted by Gasteiger charge is -2.61. The van der Waals surface area contributed by atoms with Gasteiger partial charge in [-0.1, -0.05) is 33.8 Å². The summed E-state index contributed by atoms with van der Waals surface area (Å²) in [5.74, 6) is -0.742. The first-order valence-electron chi connectivity index (χ1n) is 9.86. The Morgan fingerprint density at radius 3 is 2.52 bits per heavy atom. The lowest BCUT2D eigenvalue weighted by Crippen LogP contribution is -2.63. The Kier molecular flexibility index (Phi) is 4.72. The van der Waals surface area contributed by atoms with Crippen molar-refractivity contribution in [3.63, 3.8) is 0 Å². The SMILES string of the molecule is C=C[C@]1(C)C[C@@H](OC(C)=O)[C@@]2(C)C3=CC(=O)C[C@@]3([C@H](O)C[C@H]2C)[C@@H](C)[C@@H]1O. The van der Waals surface area contributed by atoms with Gasteiger partial charge in [-0.15, -0.1) is 6.58 Å². The minimum Gasteiger partial charge on any atom is -0.462 e. The summed E-state index contributed by atoms with van der Waals surface area (Å²) in [6.07, 6.45) is 2.41. The van der Waals surface area contributed by atoms with Crippen molar-refractivity contribution in [2.45, 2.75) is 72.2 Å². The van der Waals surface area contributed by atoms with Crippen LogP contribution in [0.4, 0.5) is 0 Å². The van der Waals surface area contributed by atoms with Gasteiger partial charge in [-0.25, -0.2) is 0 Å². The van der Waals surface area contributed by atoms with Crippen LogP contribution in [0, 0.1) is 28.1 Å². The second-order valence-corrected chi connectivity index (χ2v) is 9.42. The van der Waals surface area contributed by atoms with Gasteiger partial charge in [0.15, 0.2) is 5.78 Å². The van der Waals surface area contributed by atoms with Crippen molar-refractivity contribution in [1.82, 2.24) is 0 Å². The quantitative estimate of drug-likeness (QED) is 0.572. The highest BCUT2D eigenvalue weighted by Gasteiger charge is 2.66. The molecule has 0 spiro atoms. The van der Waals surface area contributed by atoms with Crippen LogP contribution in [-0.4, -0.2) is 40.3 Å². The summed E-state index contributed by atoms with van der Waals surface area (Å²) in [4.78, 5) is 24.5. The number of hydrogen-bond donors (Lipinski definition) is 2. The number of aliphatic hydroxyl groups excluding tert-OH is 2. The van der Waals surface area contributed by atoms with E-state index in [1.165, 1.54) is 6.92 Å². The van der Waals surface area contributed by atoms with Crippen LogP contribution in [0.15, 0.2) is 24.3 Å². The Morgan fingerprint density at radius 2 is 1.96 bits per heavy atom. The molecule has 3 aliphatic rings. The van der Waals surface area contributed by atoms with E-state index in [4.69, 9.17) is 4.74 Å². The predicted octanol–water partition coefficient (Wildman–Crippen LogP) is 2.80. The smallest absolute Gasteiger partial charge is 0.302 e. The highest BCUT2D eigenvalue weighted by molar-refractivity contribution is 5.95. The van der Waals surface area contributed by atoms with Crippen molar-refractivity contribution in [2.75, 3.05) is 0 Å². The van der Waals surface area contributed by atoms with Crippen LogP contribution in [0.25, 0.3) is 0 Å². The third-order valence-corrected chi connectivity index (χ3v) is 8.08. The van der Waals surface area contributed by atoms with Crippen LogP contribution in [0.3, 0.4) is 0 Å². The zero-order chi connectivity index (χ0) is 20.4. The first-order chi connectivity index (χ1) is 12.4. The molecule has 0 heterocycles. The molecule has 3 aliphatic carbocycles. The summed E-state index contributed by atoms with van der Waals surface area (Å²) in [5, 5.41) is 22.5. The third-order valence-electron chi connectivity index (χ3n) is 8.08. The molecule has 0 aromatic rings. The van der Waals surface area contributed by atoms with E-state index in [2.05, 4.69) is 6.58 Å². The number of aliphatic hydroxyl groups is 2. The third kappa shape index (κ3) is 2.58. The van der Waals surface area contributed by atoms with Crippen LogP contribution in [0.5, 0.6) is 0 Å². The van der Waals surface area contributed by atoms with Gasteiger partial charge in [0, 0.05) is 29.6 Å². The molecule has 0 saturated heterocycles. The van der Waals surface area contributed by atoms with Crippen LogP contribution >= 0.6 is 0 Å². The number of ketones is 1. The molecule has 0 aromatic heterocycles. The summed E-state index contributed by atoms with van der Waals surface area (Å²) in [6, 6.07) is 0. The molecule has 27 heavy (non-hydrogen) atoms. The Hall–Kier alpha value is -1.46. The second-order valence-electron chi connectivity index (χ2n) is 9.42. The zero-order valence-electron chi connectivity index (χ0n) is 17.0. The molecule has 3 rings (SSSR count). The Bertz CT molecular complexity index is 711. The van der Waals surface area contributed by atoms with Crippen LogP contribution in [0.1, 0.15) is 53.9 Å². The molecule has 2 fully saturated rings. The second kappa shape index (κ2) is 6.28. The standard InChI is InChI=1S/C22H32O5/c1-7-20(5)11-18(27-14(4)23)21(6)12(2)8-17(25)22(13(3)19(20)26)10-15(24)9-16(21)22/h7,9,12-13,17-19,25-26H,1,8,10-11H2,2-6H3/t12-,13+,17-,18-,19+,20-,21-,22-/m1/s1. The predicted molar refractivity (Wildman–Crippen MR) is 102 cm³/mol. The largest absolute Gasteiger partial charge is 0.462 e. The minimum absolute atomic E-state index is 0.0126. The Morgan fingerprint density at radius 1 is 1.33 bits per heavy atom. The summed E-state index contributed by atoms with van der Waals surface area (Å²) < 4.78 is 5.81. The molecule has 0 amide bonds. The fraction of sp³-hybridized carbons (Fsp3) is 0.727. The van der Waals surface area contributed by atoms with Crippen LogP contribution in [0.2, 0.25) is 0 Å². The number of hydrogen-bond acceptors (Lipinski definition) is 5. The number of ether oxygens (including phenoxy) is 1. The molecule has 2 saturated carbocycles. The Balaban J connectivity index is 2.30. The maximum absolute atomic E-state index is 12.6. The normalized spacial score (nSPS) is 49.5. The fourth-order valence-electron chi connectivity index (χ4n) is 6.09. The van der Waals surface area contributed by atoms with E-state index in [0.717, 1.165) is 5.57 Å². The molecule has 150 valence electrons. The number of esters is 1. The fourth-order valence-corrected chi connectivity index (χ4v) is 6.09. The molecule has 0 aliphatic heterocycles. The number of carbonyl (C=O) groups is 2. The van der Waals surface area contributed by atoms with Crippen molar-refractivity contribution >= 4 is 11.8 Å². The van der Waals surface area contributed by atoms with Gasteiger partial charge in [-0.2, -0.15) is 0 Å². The van der Waals surface area contributed by atoms with Gasteiger partial charge in [0.2, 0.25) is 0 Å². The van der Waals surface area contributed by atoms with E-state index < -0.39 is 34.6 Å².